The van der Waals surface area contributed by atoms with Gasteiger partial charge < -0.3 is 5.73 Å². The second kappa shape index (κ2) is 7.94. The molecule has 2 N–H and O–H groups in total. The average molecular weight is 409 g/mol. The Morgan fingerprint density at radius 1 is 1.14 bits per heavy atom. The topological polar surface area (TPSA) is 89.9 Å². The van der Waals surface area contributed by atoms with Crippen LogP contribution in [0, 0.1) is 11.8 Å². The van der Waals surface area contributed by atoms with Gasteiger partial charge in [-0.05, 0) is 29.8 Å². The summed E-state index contributed by atoms with van der Waals surface area (Å²) in [6, 6.07) is 8.51. The van der Waals surface area contributed by atoms with Crippen LogP contribution in [0.3, 0.4) is 0 Å². The second-order valence-electron chi connectivity index (χ2n) is 7.48. The number of halogens is 1. The van der Waals surface area contributed by atoms with Crippen LogP contribution in [0.25, 0.3) is 0 Å². The van der Waals surface area contributed by atoms with Crippen LogP contribution in [0.4, 0.5) is 16.3 Å². The van der Waals surface area contributed by atoms with Gasteiger partial charge in [0.25, 0.3) is 0 Å². The first-order valence-corrected chi connectivity index (χ1v) is 9.26. The summed E-state index contributed by atoms with van der Waals surface area (Å²) < 4.78 is 1.65. The molecule has 0 fully saturated rings. The molecule has 0 saturated heterocycles. The van der Waals surface area contributed by atoms with E-state index in [-0.39, 0.29) is 10.7 Å². The van der Waals surface area contributed by atoms with E-state index >= 15 is 0 Å². The third-order valence-corrected chi connectivity index (χ3v) is 4.34. The van der Waals surface area contributed by atoms with Gasteiger partial charge in [-0.15, -0.1) is 0 Å². The predicted octanol–water partition coefficient (Wildman–Crippen LogP) is 3.78. The van der Waals surface area contributed by atoms with Gasteiger partial charge in [0.2, 0.25) is 5.28 Å². The van der Waals surface area contributed by atoms with Gasteiger partial charge >= 0.3 is 6.03 Å². The standard InChI is InChI=1S/C21H21ClN6O/c1-21(2,3)17-11-18(27(4)26-17)28(20(23)29)16-7-5-6-14(10-16)8-9-15-12-24-19(22)25-13-15/h5-7,10-13H,1-4H3,(H2,23,29). The highest BCUT2D eigenvalue weighted by Crippen LogP contribution is 2.30. The fourth-order valence-electron chi connectivity index (χ4n) is 2.65. The van der Waals surface area contributed by atoms with Crippen molar-refractivity contribution < 1.29 is 4.79 Å². The number of hydrogen-bond acceptors (Lipinski definition) is 4. The zero-order valence-corrected chi connectivity index (χ0v) is 17.4. The lowest BCUT2D eigenvalue weighted by molar-refractivity contribution is 0.255. The molecule has 0 radical (unpaired) electrons. The van der Waals surface area contributed by atoms with Crippen molar-refractivity contribution >= 4 is 29.1 Å². The first kappa shape index (κ1) is 20.4. The van der Waals surface area contributed by atoms with Gasteiger partial charge in [0.1, 0.15) is 5.82 Å². The van der Waals surface area contributed by atoms with Crippen LogP contribution < -0.4 is 10.6 Å². The van der Waals surface area contributed by atoms with Crippen molar-refractivity contribution in [3.05, 3.63) is 64.8 Å². The Hall–Kier alpha value is -3.37. The SMILES string of the molecule is Cn1nc(C(C)(C)C)cc1N(C(N)=O)c1cccc(C#Cc2cnc(Cl)nc2)c1. The molecule has 2 aromatic heterocycles. The largest absolute Gasteiger partial charge is 0.351 e. The molecule has 0 aliphatic heterocycles. The maximum Gasteiger partial charge on any atom is 0.325 e. The van der Waals surface area contributed by atoms with Crippen LogP contribution in [-0.2, 0) is 12.5 Å². The molecule has 0 aliphatic rings. The number of primary amides is 1. The smallest absolute Gasteiger partial charge is 0.325 e. The quantitative estimate of drug-likeness (QED) is 0.516. The first-order chi connectivity index (χ1) is 13.6. The van der Waals surface area contributed by atoms with Crippen LogP contribution in [-0.4, -0.2) is 25.8 Å². The summed E-state index contributed by atoms with van der Waals surface area (Å²) >= 11 is 5.69. The number of benzene rings is 1. The number of nitrogens with zero attached hydrogens (tertiary/aromatic N) is 5. The number of anilines is 2. The summed E-state index contributed by atoms with van der Waals surface area (Å²) in [5.41, 5.74) is 8.34. The third kappa shape index (κ3) is 4.73. The second-order valence-corrected chi connectivity index (χ2v) is 7.81. The Morgan fingerprint density at radius 2 is 1.79 bits per heavy atom. The molecule has 29 heavy (non-hydrogen) atoms. The molecular weight excluding hydrogens is 388 g/mol. The number of amides is 2. The molecule has 0 unspecified atom stereocenters. The van der Waals surface area contributed by atoms with Crippen LogP contribution in [0.2, 0.25) is 5.28 Å². The van der Waals surface area contributed by atoms with E-state index in [2.05, 4.69) is 47.7 Å². The maximum atomic E-state index is 12.3. The van der Waals surface area contributed by atoms with Crippen molar-refractivity contribution in [2.24, 2.45) is 12.8 Å². The number of aromatic nitrogens is 4. The Balaban J connectivity index is 1.98. The molecule has 3 aromatic rings. The van der Waals surface area contributed by atoms with Crippen molar-refractivity contribution in [1.82, 2.24) is 19.7 Å². The molecule has 2 amide bonds. The fourth-order valence-corrected chi connectivity index (χ4v) is 2.75. The zero-order valence-electron chi connectivity index (χ0n) is 16.6. The van der Waals surface area contributed by atoms with Gasteiger partial charge in [-0.1, -0.05) is 38.7 Å². The highest BCUT2D eigenvalue weighted by atomic mass is 35.5. The summed E-state index contributed by atoms with van der Waals surface area (Å²) in [4.78, 5) is 21.5. The molecule has 0 atom stereocenters. The van der Waals surface area contributed by atoms with Gasteiger partial charge in [-0.2, -0.15) is 5.10 Å². The summed E-state index contributed by atoms with van der Waals surface area (Å²) in [7, 11) is 1.78. The van der Waals surface area contributed by atoms with Crippen LogP contribution in [0.15, 0.2) is 42.7 Å². The van der Waals surface area contributed by atoms with E-state index in [0.717, 1.165) is 5.69 Å². The summed E-state index contributed by atoms with van der Waals surface area (Å²) in [5.74, 6) is 6.59. The number of carbonyl (C=O) groups is 1. The maximum absolute atomic E-state index is 12.3. The number of nitrogens with two attached hydrogens (primary N) is 1. The van der Waals surface area contributed by atoms with Gasteiger partial charge in [0.05, 0.1) is 16.9 Å². The molecule has 0 saturated carbocycles. The normalized spacial score (nSPS) is 10.9. The fraction of sp³-hybridized carbons (Fsp3) is 0.238. The van der Waals surface area contributed by atoms with Crippen molar-refractivity contribution in [2.45, 2.75) is 26.2 Å². The van der Waals surface area contributed by atoms with Crippen molar-refractivity contribution in [2.75, 3.05) is 4.90 Å². The van der Waals surface area contributed by atoms with E-state index in [9.17, 15) is 4.79 Å². The van der Waals surface area contributed by atoms with Crippen molar-refractivity contribution in [1.29, 1.82) is 0 Å². The molecule has 148 valence electrons. The van der Waals surface area contributed by atoms with Gasteiger partial charge in [0, 0.05) is 36.5 Å². The number of hydrogen-bond donors (Lipinski definition) is 1. The van der Waals surface area contributed by atoms with E-state index in [0.29, 0.717) is 22.6 Å². The lowest BCUT2D eigenvalue weighted by atomic mass is 9.92. The molecule has 2 heterocycles. The third-order valence-electron chi connectivity index (χ3n) is 4.15. The number of carbonyl (C=O) groups excluding carboxylic acids is 1. The van der Waals surface area contributed by atoms with Crippen molar-refractivity contribution in [3.63, 3.8) is 0 Å². The Morgan fingerprint density at radius 3 is 2.38 bits per heavy atom. The van der Waals surface area contributed by atoms with Gasteiger partial charge in [-0.3, -0.25) is 4.68 Å². The minimum Gasteiger partial charge on any atom is -0.351 e. The molecule has 0 spiro atoms. The first-order valence-electron chi connectivity index (χ1n) is 8.89. The van der Waals surface area contributed by atoms with Crippen LogP contribution >= 0.6 is 11.6 Å². The summed E-state index contributed by atoms with van der Waals surface area (Å²) in [6.45, 7) is 6.18. The Kier molecular flexibility index (Phi) is 5.57. The monoisotopic (exact) mass is 408 g/mol. The molecular formula is C21H21ClN6O. The zero-order chi connectivity index (χ0) is 21.2. The molecule has 7 nitrogen and oxygen atoms in total. The van der Waals surface area contributed by atoms with Gasteiger partial charge in [-0.25, -0.2) is 19.7 Å². The lowest BCUT2D eigenvalue weighted by Crippen LogP contribution is -2.32. The van der Waals surface area contributed by atoms with E-state index in [1.165, 1.54) is 4.90 Å². The van der Waals surface area contributed by atoms with Crippen molar-refractivity contribution in [3.8, 4) is 11.8 Å². The number of rotatable bonds is 2. The van der Waals surface area contributed by atoms with E-state index in [4.69, 9.17) is 17.3 Å². The summed E-state index contributed by atoms with van der Waals surface area (Å²) in [5, 5.41) is 4.70. The molecule has 0 aliphatic carbocycles. The summed E-state index contributed by atoms with van der Waals surface area (Å²) in [6.07, 6.45) is 3.09. The van der Waals surface area contributed by atoms with E-state index in [1.54, 1.807) is 36.3 Å². The number of aryl methyl sites for hydroxylation is 1. The number of urea groups is 1. The van der Waals surface area contributed by atoms with Crippen LogP contribution in [0.5, 0.6) is 0 Å². The minimum atomic E-state index is -0.607. The minimum absolute atomic E-state index is 0.159. The molecule has 0 bridgehead atoms. The molecule has 1 aromatic carbocycles. The van der Waals surface area contributed by atoms with E-state index < -0.39 is 6.03 Å². The van der Waals surface area contributed by atoms with Gasteiger partial charge in [0.15, 0.2) is 0 Å². The highest BCUT2D eigenvalue weighted by Gasteiger charge is 2.24. The molecule has 8 heteroatoms. The Bertz CT molecular complexity index is 1100. The van der Waals surface area contributed by atoms with E-state index in [1.807, 2.05) is 18.2 Å². The van der Waals surface area contributed by atoms with Crippen LogP contribution in [0.1, 0.15) is 37.6 Å². The molecule has 3 rings (SSSR count). The Labute approximate surface area is 174 Å². The highest BCUT2D eigenvalue weighted by molar-refractivity contribution is 6.28. The lowest BCUT2D eigenvalue weighted by Gasteiger charge is -2.20. The average Bonchev–Trinajstić information content (AvgIpc) is 3.03. The predicted molar refractivity (Wildman–Crippen MR) is 113 cm³/mol.